The van der Waals surface area contributed by atoms with Gasteiger partial charge in [0.2, 0.25) is 11.9 Å². The lowest BCUT2D eigenvalue weighted by molar-refractivity contribution is -0.137. The third-order valence-corrected chi connectivity index (χ3v) is 5.83. The molecule has 7 nitrogen and oxygen atoms in total. The lowest BCUT2D eigenvalue weighted by Crippen LogP contribution is -2.53. The molecule has 0 N–H and O–H groups in total. The van der Waals surface area contributed by atoms with Crippen LogP contribution in [0.4, 0.5) is 5.95 Å². The summed E-state index contributed by atoms with van der Waals surface area (Å²) in [4.78, 5) is 40.2. The van der Waals surface area contributed by atoms with Gasteiger partial charge in [0.1, 0.15) is 0 Å². The third-order valence-electron chi connectivity index (χ3n) is 5.58. The summed E-state index contributed by atoms with van der Waals surface area (Å²) in [5, 5.41) is 0.605. The average molecular weight is 414 g/mol. The van der Waals surface area contributed by atoms with E-state index in [4.69, 9.17) is 11.6 Å². The van der Waals surface area contributed by atoms with Crippen molar-refractivity contribution < 1.29 is 9.59 Å². The molecule has 1 atom stereocenters. The number of hydrogen-bond donors (Lipinski definition) is 0. The Balaban J connectivity index is 1.34. The zero-order chi connectivity index (χ0) is 20.2. The molecule has 0 radical (unpaired) electrons. The minimum Gasteiger partial charge on any atom is -0.339 e. The quantitative estimate of drug-likeness (QED) is 0.772. The van der Waals surface area contributed by atoms with Crippen LogP contribution in [0.3, 0.4) is 0 Å². The lowest BCUT2D eigenvalue weighted by atomic mass is 9.95. The summed E-state index contributed by atoms with van der Waals surface area (Å²) in [7, 11) is 0. The maximum atomic E-state index is 13.1. The van der Waals surface area contributed by atoms with Gasteiger partial charge in [-0.25, -0.2) is 9.97 Å². The van der Waals surface area contributed by atoms with Gasteiger partial charge >= 0.3 is 0 Å². The summed E-state index contributed by atoms with van der Waals surface area (Å²) in [6, 6.07) is 8.71. The predicted molar refractivity (Wildman–Crippen MR) is 111 cm³/mol. The molecule has 8 heteroatoms. The van der Waals surface area contributed by atoms with Gasteiger partial charge in [-0.15, -0.1) is 0 Å². The molecule has 2 aliphatic rings. The van der Waals surface area contributed by atoms with Gasteiger partial charge in [0.15, 0.2) is 0 Å². The van der Waals surface area contributed by atoms with E-state index in [-0.39, 0.29) is 17.7 Å². The summed E-state index contributed by atoms with van der Waals surface area (Å²) in [6.07, 6.45) is 5.13. The van der Waals surface area contributed by atoms with Crippen LogP contribution in [0.2, 0.25) is 5.02 Å². The maximum absolute atomic E-state index is 13.1. The number of rotatable bonds is 3. The van der Waals surface area contributed by atoms with Crippen LogP contribution in [0, 0.1) is 5.92 Å². The normalized spacial score (nSPS) is 19.9. The standard InChI is InChI=1S/C21H24ClN5O2/c22-18-6-4-16(5-7-18)19(28)27-10-1-3-17(15-27)20(29)25-11-13-26(14-12-25)21-23-8-2-9-24-21/h2,4-9,17H,1,3,10-15H2. The van der Waals surface area contributed by atoms with E-state index in [9.17, 15) is 9.59 Å². The van der Waals surface area contributed by atoms with E-state index in [1.807, 2.05) is 4.90 Å². The zero-order valence-electron chi connectivity index (χ0n) is 16.2. The number of benzene rings is 1. The number of amides is 2. The summed E-state index contributed by atoms with van der Waals surface area (Å²) in [5.41, 5.74) is 0.610. The fraction of sp³-hybridized carbons (Fsp3) is 0.429. The number of aromatic nitrogens is 2. The first-order valence-electron chi connectivity index (χ1n) is 9.97. The van der Waals surface area contributed by atoms with E-state index in [0.29, 0.717) is 42.7 Å². The highest BCUT2D eigenvalue weighted by atomic mass is 35.5. The Labute approximate surface area is 175 Å². The van der Waals surface area contributed by atoms with Crippen molar-refractivity contribution in [3.05, 3.63) is 53.3 Å². The topological polar surface area (TPSA) is 69.6 Å². The SMILES string of the molecule is O=C(c1ccc(Cl)cc1)N1CCCC(C(=O)N2CCN(c3ncccn3)CC2)C1. The monoisotopic (exact) mass is 413 g/mol. The highest BCUT2D eigenvalue weighted by Gasteiger charge is 2.33. The van der Waals surface area contributed by atoms with Crippen LogP contribution in [0.15, 0.2) is 42.7 Å². The molecule has 1 aromatic carbocycles. The van der Waals surface area contributed by atoms with Crippen LogP contribution < -0.4 is 4.90 Å². The molecule has 2 aromatic rings. The number of hydrogen-bond acceptors (Lipinski definition) is 5. The molecule has 2 saturated heterocycles. The molecule has 4 rings (SSSR count). The van der Waals surface area contributed by atoms with Gasteiger partial charge in [0, 0.05) is 62.2 Å². The van der Waals surface area contributed by atoms with Crippen LogP contribution in [0.25, 0.3) is 0 Å². The second kappa shape index (κ2) is 8.78. The van der Waals surface area contributed by atoms with Crippen molar-refractivity contribution >= 4 is 29.4 Å². The Hall–Kier alpha value is -2.67. The van der Waals surface area contributed by atoms with Gasteiger partial charge < -0.3 is 14.7 Å². The van der Waals surface area contributed by atoms with Crippen molar-refractivity contribution in [2.45, 2.75) is 12.8 Å². The summed E-state index contributed by atoms with van der Waals surface area (Å²) >= 11 is 5.92. The summed E-state index contributed by atoms with van der Waals surface area (Å²) in [6.45, 7) is 3.90. The zero-order valence-corrected chi connectivity index (χ0v) is 17.0. The van der Waals surface area contributed by atoms with E-state index in [0.717, 1.165) is 25.9 Å². The molecular formula is C21H24ClN5O2. The number of piperidine rings is 1. The lowest BCUT2D eigenvalue weighted by Gasteiger charge is -2.39. The maximum Gasteiger partial charge on any atom is 0.253 e. The van der Waals surface area contributed by atoms with Gasteiger partial charge in [-0.1, -0.05) is 11.6 Å². The summed E-state index contributed by atoms with van der Waals surface area (Å²) in [5.74, 6) is 0.675. The Kier molecular flexibility index (Phi) is 5.94. The molecule has 0 bridgehead atoms. The molecule has 1 unspecified atom stereocenters. The first kappa shape index (κ1) is 19.6. The Morgan fingerprint density at radius 3 is 2.31 bits per heavy atom. The van der Waals surface area contributed by atoms with Gasteiger partial charge in [-0.05, 0) is 43.2 Å². The van der Waals surface area contributed by atoms with Crippen LogP contribution in [0.1, 0.15) is 23.2 Å². The predicted octanol–water partition coefficient (Wildman–Crippen LogP) is 2.33. The van der Waals surface area contributed by atoms with Crippen molar-refractivity contribution in [1.82, 2.24) is 19.8 Å². The van der Waals surface area contributed by atoms with Crippen LogP contribution in [0.5, 0.6) is 0 Å². The van der Waals surface area contributed by atoms with E-state index >= 15 is 0 Å². The fourth-order valence-electron chi connectivity index (χ4n) is 3.98. The number of nitrogens with zero attached hydrogens (tertiary/aromatic N) is 5. The average Bonchev–Trinajstić information content (AvgIpc) is 2.79. The first-order chi connectivity index (χ1) is 14.1. The van der Waals surface area contributed by atoms with Gasteiger partial charge in [-0.3, -0.25) is 9.59 Å². The highest BCUT2D eigenvalue weighted by Crippen LogP contribution is 2.22. The number of halogens is 1. The molecule has 2 amide bonds. The fourth-order valence-corrected chi connectivity index (χ4v) is 4.10. The van der Waals surface area contributed by atoms with E-state index in [1.165, 1.54) is 0 Å². The van der Waals surface area contributed by atoms with Gasteiger partial charge in [0.25, 0.3) is 5.91 Å². The number of carbonyl (C=O) groups is 2. The molecule has 3 heterocycles. The number of piperazine rings is 1. The molecular weight excluding hydrogens is 390 g/mol. The van der Waals surface area contributed by atoms with Crippen molar-refractivity contribution in [1.29, 1.82) is 0 Å². The Morgan fingerprint density at radius 2 is 1.62 bits per heavy atom. The second-order valence-electron chi connectivity index (χ2n) is 7.46. The third kappa shape index (κ3) is 4.50. The number of carbonyl (C=O) groups excluding carboxylic acids is 2. The Bertz CT molecular complexity index is 853. The van der Waals surface area contributed by atoms with Crippen molar-refractivity contribution in [3.63, 3.8) is 0 Å². The van der Waals surface area contributed by atoms with Crippen LogP contribution in [-0.2, 0) is 4.79 Å². The minimum atomic E-state index is -0.139. The largest absolute Gasteiger partial charge is 0.339 e. The molecule has 0 aliphatic carbocycles. The smallest absolute Gasteiger partial charge is 0.253 e. The molecule has 29 heavy (non-hydrogen) atoms. The first-order valence-corrected chi connectivity index (χ1v) is 10.4. The molecule has 0 saturated carbocycles. The van der Waals surface area contributed by atoms with Crippen LogP contribution in [-0.4, -0.2) is 70.9 Å². The van der Waals surface area contributed by atoms with Crippen molar-refractivity contribution in [2.75, 3.05) is 44.2 Å². The van der Waals surface area contributed by atoms with Crippen molar-refractivity contribution in [3.8, 4) is 0 Å². The number of likely N-dealkylation sites (tertiary alicyclic amines) is 1. The Morgan fingerprint density at radius 1 is 0.931 bits per heavy atom. The molecule has 2 aliphatic heterocycles. The van der Waals surface area contributed by atoms with E-state index in [2.05, 4.69) is 14.9 Å². The second-order valence-corrected chi connectivity index (χ2v) is 7.89. The minimum absolute atomic E-state index is 0.0368. The van der Waals surface area contributed by atoms with Gasteiger partial charge in [-0.2, -0.15) is 0 Å². The van der Waals surface area contributed by atoms with E-state index < -0.39 is 0 Å². The molecule has 152 valence electrons. The molecule has 0 spiro atoms. The summed E-state index contributed by atoms with van der Waals surface area (Å²) < 4.78 is 0. The number of anilines is 1. The highest BCUT2D eigenvalue weighted by molar-refractivity contribution is 6.30. The van der Waals surface area contributed by atoms with E-state index in [1.54, 1.807) is 47.6 Å². The van der Waals surface area contributed by atoms with Gasteiger partial charge in [0.05, 0.1) is 5.92 Å². The van der Waals surface area contributed by atoms with Crippen LogP contribution >= 0.6 is 11.6 Å². The van der Waals surface area contributed by atoms with Crippen molar-refractivity contribution in [2.24, 2.45) is 5.92 Å². The molecule has 1 aromatic heterocycles. The molecule has 2 fully saturated rings.